The van der Waals surface area contributed by atoms with E-state index in [9.17, 15) is 18.3 Å². The van der Waals surface area contributed by atoms with Crippen LogP contribution in [0.15, 0.2) is 0 Å². The molecule has 0 aromatic heterocycles. The van der Waals surface area contributed by atoms with E-state index in [0.717, 1.165) is 19.5 Å². The zero-order valence-electron chi connectivity index (χ0n) is 12.5. The third-order valence-corrected chi connectivity index (χ3v) is 5.93. The molecule has 21 heavy (non-hydrogen) atoms. The average Bonchev–Trinajstić information content (AvgIpc) is 2.78. The number of sulfone groups is 1. The van der Waals surface area contributed by atoms with Crippen LogP contribution in [0.2, 0.25) is 0 Å². The Kier molecular flexibility index (Phi) is 5.45. The van der Waals surface area contributed by atoms with Crippen molar-refractivity contribution < 1.29 is 18.3 Å². The van der Waals surface area contributed by atoms with Crippen LogP contribution in [-0.4, -0.2) is 85.7 Å². The van der Waals surface area contributed by atoms with E-state index < -0.39 is 9.84 Å². The lowest BCUT2D eigenvalue weighted by Gasteiger charge is -2.35. The fraction of sp³-hybridized carbons (Fsp3) is 0.923. The summed E-state index contributed by atoms with van der Waals surface area (Å²) < 4.78 is 22.8. The first-order valence-corrected chi connectivity index (χ1v) is 9.38. The lowest BCUT2D eigenvalue weighted by Crippen LogP contribution is -2.54. The van der Waals surface area contributed by atoms with Gasteiger partial charge in [0.2, 0.25) is 0 Å². The fourth-order valence-electron chi connectivity index (χ4n) is 2.74. The van der Waals surface area contributed by atoms with Gasteiger partial charge in [0.1, 0.15) is 0 Å². The number of aliphatic hydroxyl groups excluding tert-OH is 1. The predicted molar refractivity (Wildman–Crippen MR) is 79.9 cm³/mol. The Balaban J connectivity index is 1.73. The predicted octanol–water partition coefficient (Wildman–Crippen LogP) is -0.728. The van der Waals surface area contributed by atoms with E-state index in [1.165, 1.54) is 0 Å². The smallest absolute Gasteiger partial charge is 0.317 e. The Labute approximate surface area is 126 Å². The van der Waals surface area contributed by atoms with E-state index in [-0.39, 0.29) is 29.7 Å². The minimum atomic E-state index is -2.97. The Morgan fingerprint density at radius 2 is 2.00 bits per heavy atom. The van der Waals surface area contributed by atoms with E-state index in [2.05, 4.69) is 10.2 Å². The molecule has 0 aromatic carbocycles. The van der Waals surface area contributed by atoms with Gasteiger partial charge in [-0.2, -0.15) is 0 Å². The van der Waals surface area contributed by atoms with E-state index in [0.29, 0.717) is 26.1 Å². The average molecular weight is 319 g/mol. The van der Waals surface area contributed by atoms with Gasteiger partial charge >= 0.3 is 6.03 Å². The number of aliphatic hydroxyl groups is 1. The van der Waals surface area contributed by atoms with Gasteiger partial charge < -0.3 is 15.3 Å². The van der Waals surface area contributed by atoms with Gasteiger partial charge in [0.15, 0.2) is 9.84 Å². The maximum absolute atomic E-state index is 12.1. The number of amides is 2. The van der Waals surface area contributed by atoms with Crippen LogP contribution in [0, 0.1) is 0 Å². The molecule has 2 fully saturated rings. The molecular formula is C13H25N3O4S. The third-order valence-electron chi connectivity index (χ3n) is 4.16. The van der Waals surface area contributed by atoms with Crippen molar-refractivity contribution in [3.63, 3.8) is 0 Å². The van der Waals surface area contributed by atoms with Gasteiger partial charge in [0.05, 0.1) is 17.6 Å². The van der Waals surface area contributed by atoms with Crippen molar-refractivity contribution in [2.45, 2.75) is 31.9 Å². The first kappa shape index (κ1) is 16.5. The largest absolute Gasteiger partial charge is 0.392 e. The molecule has 122 valence electrons. The molecule has 7 nitrogen and oxygen atoms in total. The summed E-state index contributed by atoms with van der Waals surface area (Å²) in [6.07, 6.45) is 0.933. The molecule has 2 atom stereocenters. The number of nitrogens with zero attached hydrogens (tertiary/aromatic N) is 2. The van der Waals surface area contributed by atoms with Crippen molar-refractivity contribution in [3.8, 4) is 0 Å². The molecule has 2 aliphatic heterocycles. The van der Waals surface area contributed by atoms with E-state index in [1.807, 2.05) is 6.92 Å². The number of rotatable bonds is 4. The van der Waals surface area contributed by atoms with Crippen molar-refractivity contribution in [3.05, 3.63) is 0 Å². The summed E-state index contributed by atoms with van der Waals surface area (Å²) in [5.41, 5.74) is 0. The van der Waals surface area contributed by atoms with Crippen LogP contribution in [0.25, 0.3) is 0 Å². The van der Waals surface area contributed by atoms with E-state index in [1.54, 1.807) is 4.90 Å². The molecular weight excluding hydrogens is 294 g/mol. The molecule has 2 amide bonds. The SMILES string of the molecule is CC[C@@H](O)CN1CCN(C(=O)N[C@@H]2CCS(=O)(=O)C2)CC1. The van der Waals surface area contributed by atoms with Crippen molar-refractivity contribution in [2.75, 3.05) is 44.2 Å². The van der Waals surface area contributed by atoms with Gasteiger partial charge in [0.25, 0.3) is 0 Å². The second kappa shape index (κ2) is 6.93. The van der Waals surface area contributed by atoms with Crippen LogP contribution < -0.4 is 5.32 Å². The highest BCUT2D eigenvalue weighted by atomic mass is 32.2. The highest BCUT2D eigenvalue weighted by Gasteiger charge is 2.31. The molecule has 8 heteroatoms. The quantitative estimate of drug-likeness (QED) is 0.713. The number of carbonyl (C=O) groups is 1. The number of β-amino-alcohol motifs (C(OH)–C–C–N with tert-alkyl or cyclic N) is 1. The molecule has 0 unspecified atom stereocenters. The minimum Gasteiger partial charge on any atom is -0.392 e. The molecule has 2 aliphatic rings. The Morgan fingerprint density at radius 1 is 1.33 bits per heavy atom. The molecule has 0 aromatic rings. The lowest BCUT2D eigenvalue weighted by molar-refractivity contribution is 0.0788. The van der Waals surface area contributed by atoms with Crippen LogP contribution in [0.5, 0.6) is 0 Å². The summed E-state index contributed by atoms with van der Waals surface area (Å²) in [7, 11) is -2.97. The number of carbonyl (C=O) groups excluding carboxylic acids is 1. The fourth-order valence-corrected chi connectivity index (χ4v) is 4.41. The molecule has 2 rings (SSSR count). The molecule has 2 heterocycles. The third kappa shape index (κ3) is 4.82. The van der Waals surface area contributed by atoms with E-state index in [4.69, 9.17) is 0 Å². The van der Waals surface area contributed by atoms with Crippen LogP contribution in [0.1, 0.15) is 19.8 Å². The molecule has 0 spiro atoms. The van der Waals surface area contributed by atoms with Gasteiger partial charge in [-0.25, -0.2) is 13.2 Å². The van der Waals surface area contributed by atoms with Gasteiger partial charge in [0, 0.05) is 38.8 Å². The van der Waals surface area contributed by atoms with Gasteiger partial charge in [-0.1, -0.05) is 6.92 Å². The first-order valence-electron chi connectivity index (χ1n) is 7.56. The van der Waals surface area contributed by atoms with Crippen molar-refractivity contribution in [1.82, 2.24) is 15.1 Å². The van der Waals surface area contributed by atoms with Crippen molar-refractivity contribution in [2.24, 2.45) is 0 Å². The van der Waals surface area contributed by atoms with Crippen LogP contribution >= 0.6 is 0 Å². The highest BCUT2D eigenvalue weighted by molar-refractivity contribution is 7.91. The minimum absolute atomic E-state index is 0.0569. The Bertz CT molecular complexity index is 460. The molecule has 2 N–H and O–H groups in total. The number of urea groups is 1. The molecule has 0 radical (unpaired) electrons. The Morgan fingerprint density at radius 3 is 2.52 bits per heavy atom. The van der Waals surface area contributed by atoms with Gasteiger partial charge in [-0.05, 0) is 12.8 Å². The van der Waals surface area contributed by atoms with Crippen LogP contribution in [-0.2, 0) is 9.84 Å². The van der Waals surface area contributed by atoms with Gasteiger partial charge in [-0.3, -0.25) is 4.90 Å². The maximum Gasteiger partial charge on any atom is 0.317 e. The maximum atomic E-state index is 12.1. The zero-order valence-corrected chi connectivity index (χ0v) is 13.3. The summed E-state index contributed by atoms with van der Waals surface area (Å²) in [5, 5.41) is 12.4. The standard InChI is InChI=1S/C13H25N3O4S/c1-2-12(17)9-15-4-6-16(7-5-15)13(18)14-11-3-8-21(19,20)10-11/h11-12,17H,2-10H2,1H3,(H,14,18)/t11-,12-/m1/s1. The van der Waals surface area contributed by atoms with Crippen molar-refractivity contribution >= 4 is 15.9 Å². The summed E-state index contributed by atoms with van der Waals surface area (Å²) in [5.74, 6) is 0.224. The summed E-state index contributed by atoms with van der Waals surface area (Å²) in [6.45, 7) is 5.31. The lowest BCUT2D eigenvalue weighted by atomic mass is 10.2. The topological polar surface area (TPSA) is 89.9 Å². The van der Waals surface area contributed by atoms with Gasteiger partial charge in [-0.15, -0.1) is 0 Å². The Hall–Kier alpha value is -0.860. The number of piperazine rings is 1. The van der Waals surface area contributed by atoms with Crippen LogP contribution in [0.4, 0.5) is 4.79 Å². The second-order valence-electron chi connectivity index (χ2n) is 5.90. The molecule has 2 saturated heterocycles. The normalized spacial score (nSPS) is 27.5. The summed E-state index contributed by atoms with van der Waals surface area (Å²) >= 11 is 0. The molecule has 0 bridgehead atoms. The molecule has 0 saturated carbocycles. The van der Waals surface area contributed by atoms with Crippen molar-refractivity contribution in [1.29, 1.82) is 0 Å². The number of hydrogen-bond donors (Lipinski definition) is 2. The monoisotopic (exact) mass is 319 g/mol. The van der Waals surface area contributed by atoms with Crippen LogP contribution in [0.3, 0.4) is 0 Å². The number of hydrogen-bond acceptors (Lipinski definition) is 5. The molecule has 0 aliphatic carbocycles. The highest BCUT2D eigenvalue weighted by Crippen LogP contribution is 2.12. The summed E-state index contributed by atoms with van der Waals surface area (Å²) in [4.78, 5) is 16.0. The van der Waals surface area contributed by atoms with E-state index >= 15 is 0 Å². The second-order valence-corrected chi connectivity index (χ2v) is 8.13. The number of nitrogens with one attached hydrogen (secondary N) is 1. The first-order chi connectivity index (χ1) is 9.89. The summed E-state index contributed by atoms with van der Waals surface area (Å²) in [6, 6.07) is -0.421. The zero-order chi connectivity index (χ0) is 15.5.